The van der Waals surface area contributed by atoms with Crippen molar-refractivity contribution in [1.29, 1.82) is 0 Å². The molecule has 3 rings (SSSR count). The molecule has 0 fully saturated rings. The third-order valence-corrected chi connectivity index (χ3v) is 4.89. The van der Waals surface area contributed by atoms with Crippen LogP contribution in [0.5, 0.6) is 11.5 Å². The molecule has 9 heteroatoms. The summed E-state index contributed by atoms with van der Waals surface area (Å²) in [6.07, 6.45) is 0.669. The number of hydrogen-bond acceptors (Lipinski definition) is 6. The molecule has 0 saturated heterocycles. The van der Waals surface area contributed by atoms with E-state index in [0.717, 1.165) is 0 Å². The lowest BCUT2D eigenvalue weighted by Crippen LogP contribution is -2.28. The maximum absolute atomic E-state index is 13.0. The molecule has 8 nitrogen and oxygen atoms in total. The molecule has 0 aliphatic rings. The fourth-order valence-corrected chi connectivity index (χ4v) is 3.31. The van der Waals surface area contributed by atoms with Crippen molar-refractivity contribution >= 4 is 39.9 Å². The number of carbonyl (C=O) groups is 2. The van der Waals surface area contributed by atoms with Gasteiger partial charge in [-0.25, -0.2) is 4.79 Å². The van der Waals surface area contributed by atoms with Gasteiger partial charge in [-0.05, 0) is 50.2 Å². The number of nitrogens with one attached hydrogen (secondary N) is 1. The monoisotopic (exact) mass is 458 g/mol. The number of anilines is 1. The fourth-order valence-electron chi connectivity index (χ4n) is 3.14. The minimum absolute atomic E-state index is 0.214. The summed E-state index contributed by atoms with van der Waals surface area (Å²) in [5.41, 5.74) is 0.0347. The van der Waals surface area contributed by atoms with Gasteiger partial charge in [-0.2, -0.15) is 0 Å². The molecule has 168 valence electrons. The van der Waals surface area contributed by atoms with Crippen molar-refractivity contribution in [2.24, 2.45) is 0 Å². The van der Waals surface area contributed by atoms with Crippen molar-refractivity contribution in [2.45, 2.75) is 26.5 Å². The number of ether oxygens (including phenoxy) is 3. The lowest BCUT2D eigenvalue weighted by atomic mass is 10.1. The maximum atomic E-state index is 13.0. The average molecular weight is 459 g/mol. The van der Waals surface area contributed by atoms with E-state index in [1.807, 2.05) is 0 Å². The summed E-state index contributed by atoms with van der Waals surface area (Å²) in [5.74, 6) is -0.0900. The normalized spacial score (nSPS) is 11.6. The standard InChI is InChI=1S/C23H23ClN2O6/c1-4-31-23(29)14(2)32-19-7-5-6-17-16(19)10-11-26(22(17)28)13-21(27)25-18-12-15(24)8-9-20(18)30-3/h5-12,14H,4,13H2,1-3H3,(H,25,27). The Hall–Kier alpha value is -3.52. The molecule has 0 radical (unpaired) electrons. The number of benzene rings is 2. The van der Waals surface area contributed by atoms with Crippen LogP contribution in [0.4, 0.5) is 5.69 Å². The quantitative estimate of drug-likeness (QED) is 0.518. The molecule has 1 unspecified atom stereocenters. The van der Waals surface area contributed by atoms with Gasteiger partial charge in [0.1, 0.15) is 18.0 Å². The number of amides is 1. The molecule has 1 amide bonds. The molecule has 0 saturated carbocycles. The van der Waals surface area contributed by atoms with E-state index in [4.69, 9.17) is 25.8 Å². The first-order chi connectivity index (χ1) is 15.3. The lowest BCUT2D eigenvalue weighted by Gasteiger charge is -2.16. The van der Waals surface area contributed by atoms with E-state index in [0.29, 0.717) is 33.0 Å². The molecule has 32 heavy (non-hydrogen) atoms. The van der Waals surface area contributed by atoms with Crippen LogP contribution < -0.4 is 20.3 Å². The Morgan fingerprint density at radius 2 is 1.91 bits per heavy atom. The molecule has 2 aromatic carbocycles. The summed E-state index contributed by atoms with van der Waals surface area (Å²) in [5, 5.41) is 4.03. The van der Waals surface area contributed by atoms with Crippen LogP contribution in [0.2, 0.25) is 5.02 Å². The fraction of sp³-hybridized carbons (Fsp3) is 0.261. The van der Waals surface area contributed by atoms with Crippen LogP contribution in [0.3, 0.4) is 0 Å². The van der Waals surface area contributed by atoms with Crippen molar-refractivity contribution in [1.82, 2.24) is 4.57 Å². The Kier molecular flexibility index (Phi) is 7.37. The van der Waals surface area contributed by atoms with Gasteiger partial charge in [0.15, 0.2) is 6.10 Å². The third-order valence-electron chi connectivity index (χ3n) is 4.65. The predicted octanol–water partition coefficient (Wildman–Crippen LogP) is 3.63. The van der Waals surface area contributed by atoms with Crippen LogP contribution in [-0.4, -0.2) is 36.3 Å². The smallest absolute Gasteiger partial charge is 0.347 e. The second-order valence-electron chi connectivity index (χ2n) is 6.87. The van der Waals surface area contributed by atoms with Gasteiger partial charge in [0.05, 0.1) is 24.8 Å². The number of aromatic nitrogens is 1. The second kappa shape index (κ2) is 10.2. The van der Waals surface area contributed by atoms with Crippen LogP contribution in [-0.2, 0) is 20.9 Å². The lowest BCUT2D eigenvalue weighted by molar-refractivity contribution is -0.150. The van der Waals surface area contributed by atoms with Gasteiger partial charge in [0.25, 0.3) is 5.56 Å². The van der Waals surface area contributed by atoms with Crippen molar-refractivity contribution in [3.8, 4) is 11.5 Å². The van der Waals surface area contributed by atoms with E-state index in [2.05, 4.69) is 5.32 Å². The highest BCUT2D eigenvalue weighted by Gasteiger charge is 2.18. The van der Waals surface area contributed by atoms with E-state index in [1.54, 1.807) is 56.3 Å². The maximum Gasteiger partial charge on any atom is 0.347 e. The highest BCUT2D eigenvalue weighted by molar-refractivity contribution is 6.31. The van der Waals surface area contributed by atoms with E-state index in [-0.39, 0.29) is 18.7 Å². The number of nitrogens with zero attached hydrogens (tertiary/aromatic N) is 1. The zero-order chi connectivity index (χ0) is 23.3. The molecule has 0 aliphatic carbocycles. The number of hydrogen-bond donors (Lipinski definition) is 1. The Morgan fingerprint density at radius 3 is 2.62 bits per heavy atom. The topological polar surface area (TPSA) is 95.9 Å². The van der Waals surface area contributed by atoms with E-state index in [1.165, 1.54) is 17.9 Å². The first kappa shape index (κ1) is 23.1. The molecule has 1 atom stereocenters. The Balaban J connectivity index is 1.83. The van der Waals surface area contributed by atoms with Crippen molar-refractivity contribution < 1.29 is 23.8 Å². The van der Waals surface area contributed by atoms with Gasteiger partial charge >= 0.3 is 5.97 Å². The molecular formula is C23H23ClN2O6. The number of rotatable bonds is 8. The summed E-state index contributed by atoms with van der Waals surface area (Å²) in [4.78, 5) is 37.4. The average Bonchev–Trinajstić information content (AvgIpc) is 2.76. The molecule has 0 aliphatic heterocycles. The number of pyridine rings is 1. The Bertz CT molecular complexity index is 1210. The number of halogens is 1. The summed E-state index contributed by atoms with van der Waals surface area (Å²) in [6.45, 7) is 3.32. The molecular weight excluding hydrogens is 436 g/mol. The van der Waals surface area contributed by atoms with Gasteiger partial charge in [-0.15, -0.1) is 0 Å². The van der Waals surface area contributed by atoms with Gasteiger partial charge < -0.3 is 24.1 Å². The molecule has 3 aromatic rings. The SMILES string of the molecule is CCOC(=O)C(C)Oc1cccc2c(=O)n(CC(=O)Nc3cc(Cl)ccc3OC)ccc12. The van der Waals surface area contributed by atoms with Crippen LogP contribution >= 0.6 is 11.6 Å². The Morgan fingerprint density at radius 1 is 1.12 bits per heavy atom. The Labute approximate surface area is 189 Å². The summed E-state index contributed by atoms with van der Waals surface area (Å²) >= 11 is 5.99. The van der Waals surface area contributed by atoms with E-state index in [9.17, 15) is 14.4 Å². The predicted molar refractivity (Wildman–Crippen MR) is 122 cm³/mol. The zero-order valence-electron chi connectivity index (χ0n) is 17.9. The van der Waals surface area contributed by atoms with Crippen molar-refractivity contribution in [2.75, 3.05) is 19.0 Å². The first-order valence-corrected chi connectivity index (χ1v) is 10.3. The molecule has 1 aromatic heterocycles. The van der Waals surface area contributed by atoms with Crippen LogP contribution in [0, 0.1) is 0 Å². The molecule has 1 heterocycles. The second-order valence-corrected chi connectivity index (χ2v) is 7.31. The summed E-state index contributed by atoms with van der Waals surface area (Å²) < 4.78 is 17.2. The van der Waals surface area contributed by atoms with Gasteiger partial charge in [-0.3, -0.25) is 9.59 Å². The number of methoxy groups -OCH3 is 1. The number of carbonyl (C=O) groups excluding carboxylic acids is 2. The first-order valence-electron chi connectivity index (χ1n) is 9.93. The minimum Gasteiger partial charge on any atom is -0.495 e. The number of fused-ring (bicyclic) bond motifs is 1. The van der Waals surface area contributed by atoms with Gasteiger partial charge in [-0.1, -0.05) is 17.7 Å². The molecule has 1 N–H and O–H groups in total. The van der Waals surface area contributed by atoms with E-state index < -0.39 is 18.0 Å². The number of esters is 1. The highest BCUT2D eigenvalue weighted by Crippen LogP contribution is 2.28. The zero-order valence-corrected chi connectivity index (χ0v) is 18.6. The summed E-state index contributed by atoms with van der Waals surface area (Å²) in [6, 6.07) is 11.5. The van der Waals surface area contributed by atoms with Crippen LogP contribution in [0.1, 0.15) is 13.8 Å². The van der Waals surface area contributed by atoms with Crippen LogP contribution in [0.25, 0.3) is 10.8 Å². The molecule has 0 spiro atoms. The van der Waals surface area contributed by atoms with Crippen molar-refractivity contribution in [3.05, 3.63) is 64.0 Å². The largest absolute Gasteiger partial charge is 0.495 e. The summed E-state index contributed by atoms with van der Waals surface area (Å²) in [7, 11) is 1.48. The van der Waals surface area contributed by atoms with Gasteiger partial charge in [0, 0.05) is 16.6 Å². The van der Waals surface area contributed by atoms with Crippen LogP contribution in [0.15, 0.2) is 53.5 Å². The highest BCUT2D eigenvalue weighted by atomic mass is 35.5. The molecule has 0 bridgehead atoms. The van der Waals surface area contributed by atoms with E-state index >= 15 is 0 Å². The van der Waals surface area contributed by atoms with Gasteiger partial charge in [0.2, 0.25) is 5.91 Å². The third kappa shape index (κ3) is 5.20. The minimum atomic E-state index is -0.832. The van der Waals surface area contributed by atoms with Crippen molar-refractivity contribution in [3.63, 3.8) is 0 Å².